The molecule has 1 N–H and O–H groups in total. The van der Waals surface area contributed by atoms with Crippen LogP contribution in [0, 0.1) is 5.92 Å². The Morgan fingerprint density at radius 1 is 1.23 bits per heavy atom. The van der Waals surface area contributed by atoms with E-state index < -0.39 is 0 Å². The van der Waals surface area contributed by atoms with Crippen LogP contribution in [0.1, 0.15) is 44.6 Å². The van der Waals surface area contributed by atoms with Crippen LogP contribution in [0.2, 0.25) is 0 Å². The lowest BCUT2D eigenvalue weighted by atomic mass is 9.90. The summed E-state index contributed by atoms with van der Waals surface area (Å²) >= 11 is 0. The standard InChI is InChI=1S/C20H30N4O2/c1-15(2)14-24-12-9-22-20(26)18(24)13-19(25)23-10-5-17(6-11-23)16-3-7-21-8-4-16/h3-4,7-8,15,17-18H,5-6,9-14H2,1-2H3,(H,22,26). The Morgan fingerprint density at radius 2 is 1.92 bits per heavy atom. The molecule has 2 aliphatic heterocycles. The summed E-state index contributed by atoms with van der Waals surface area (Å²) in [6.45, 7) is 8.19. The van der Waals surface area contributed by atoms with Gasteiger partial charge in [-0.1, -0.05) is 13.8 Å². The molecule has 0 aliphatic carbocycles. The third-order valence-electron chi connectivity index (χ3n) is 5.43. The van der Waals surface area contributed by atoms with Crippen LogP contribution < -0.4 is 5.32 Å². The van der Waals surface area contributed by atoms with Crippen molar-refractivity contribution < 1.29 is 9.59 Å². The highest BCUT2D eigenvalue weighted by Crippen LogP contribution is 2.28. The van der Waals surface area contributed by atoms with Crippen LogP contribution in [-0.4, -0.2) is 65.4 Å². The highest BCUT2D eigenvalue weighted by molar-refractivity contribution is 5.88. The number of pyridine rings is 1. The quantitative estimate of drug-likeness (QED) is 0.869. The van der Waals surface area contributed by atoms with Crippen molar-refractivity contribution in [2.24, 2.45) is 5.92 Å². The van der Waals surface area contributed by atoms with Gasteiger partial charge in [0.1, 0.15) is 0 Å². The second-order valence-electron chi connectivity index (χ2n) is 7.84. The monoisotopic (exact) mass is 358 g/mol. The van der Waals surface area contributed by atoms with Crippen LogP contribution in [0.25, 0.3) is 0 Å². The Kier molecular flexibility index (Phi) is 6.25. The highest BCUT2D eigenvalue weighted by atomic mass is 16.2. The van der Waals surface area contributed by atoms with E-state index in [-0.39, 0.29) is 17.9 Å². The number of carbonyl (C=O) groups is 2. The Bertz CT molecular complexity index is 611. The Labute approximate surface area is 156 Å². The Balaban J connectivity index is 1.55. The molecule has 2 aliphatic rings. The number of nitrogens with one attached hydrogen (secondary N) is 1. The number of nitrogens with zero attached hydrogens (tertiary/aromatic N) is 3. The fraction of sp³-hybridized carbons (Fsp3) is 0.650. The molecule has 3 heterocycles. The van der Waals surface area contributed by atoms with Gasteiger partial charge in [0.25, 0.3) is 0 Å². The van der Waals surface area contributed by atoms with Crippen molar-refractivity contribution in [1.29, 1.82) is 0 Å². The minimum atomic E-state index is -0.323. The summed E-state index contributed by atoms with van der Waals surface area (Å²) in [7, 11) is 0. The summed E-state index contributed by atoms with van der Waals surface area (Å²) in [5.74, 6) is 1.08. The van der Waals surface area contributed by atoms with Gasteiger partial charge in [-0.05, 0) is 42.4 Å². The van der Waals surface area contributed by atoms with E-state index in [1.165, 1.54) is 5.56 Å². The molecule has 0 aromatic carbocycles. The zero-order chi connectivity index (χ0) is 18.5. The van der Waals surface area contributed by atoms with Gasteiger partial charge in [-0.3, -0.25) is 19.5 Å². The number of piperidine rings is 1. The average molecular weight is 358 g/mol. The summed E-state index contributed by atoms with van der Waals surface area (Å²) in [5, 5.41) is 2.91. The van der Waals surface area contributed by atoms with Gasteiger partial charge in [0, 0.05) is 45.1 Å². The van der Waals surface area contributed by atoms with Gasteiger partial charge in [0.15, 0.2) is 0 Å². The van der Waals surface area contributed by atoms with Crippen LogP contribution in [0.4, 0.5) is 0 Å². The van der Waals surface area contributed by atoms with E-state index in [0.717, 1.165) is 39.0 Å². The van der Waals surface area contributed by atoms with E-state index >= 15 is 0 Å². The number of piperazine rings is 1. The molecule has 1 aromatic rings. The molecule has 6 nitrogen and oxygen atoms in total. The van der Waals surface area contributed by atoms with E-state index in [2.05, 4.69) is 41.2 Å². The zero-order valence-electron chi connectivity index (χ0n) is 15.9. The van der Waals surface area contributed by atoms with E-state index in [0.29, 0.717) is 24.8 Å². The third-order valence-corrected chi connectivity index (χ3v) is 5.43. The number of amides is 2. The molecule has 0 saturated carbocycles. The van der Waals surface area contributed by atoms with Crippen molar-refractivity contribution in [2.75, 3.05) is 32.7 Å². The van der Waals surface area contributed by atoms with Crippen molar-refractivity contribution >= 4 is 11.8 Å². The zero-order valence-corrected chi connectivity index (χ0v) is 15.9. The lowest BCUT2D eigenvalue weighted by Crippen LogP contribution is -2.57. The molecule has 26 heavy (non-hydrogen) atoms. The second kappa shape index (κ2) is 8.62. The predicted octanol–water partition coefficient (Wildman–Crippen LogP) is 1.63. The minimum absolute atomic E-state index is 0.00285. The maximum atomic E-state index is 12.8. The lowest BCUT2D eigenvalue weighted by molar-refractivity contribution is -0.139. The maximum absolute atomic E-state index is 12.8. The van der Waals surface area contributed by atoms with Crippen molar-refractivity contribution in [2.45, 2.75) is 45.1 Å². The average Bonchev–Trinajstić information content (AvgIpc) is 2.65. The molecule has 1 atom stereocenters. The van der Waals surface area contributed by atoms with E-state index in [9.17, 15) is 9.59 Å². The molecule has 2 fully saturated rings. The molecule has 3 rings (SSSR count). The Morgan fingerprint density at radius 3 is 2.58 bits per heavy atom. The number of aromatic nitrogens is 1. The van der Waals surface area contributed by atoms with E-state index in [4.69, 9.17) is 0 Å². The first-order valence-electron chi connectivity index (χ1n) is 9.74. The first-order valence-corrected chi connectivity index (χ1v) is 9.74. The van der Waals surface area contributed by atoms with E-state index in [1.54, 1.807) is 0 Å². The number of rotatable bonds is 5. The van der Waals surface area contributed by atoms with Gasteiger partial charge in [0.2, 0.25) is 11.8 Å². The number of carbonyl (C=O) groups excluding carboxylic acids is 2. The third kappa shape index (κ3) is 4.61. The fourth-order valence-corrected chi connectivity index (χ4v) is 4.06. The van der Waals surface area contributed by atoms with Crippen LogP contribution in [0.5, 0.6) is 0 Å². The molecule has 2 amide bonds. The van der Waals surface area contributed by atoms with Gasteiger partial charge in [-0.2, -0.15) is 0 Å². The molecule has 0 spiro atoms. The van der Waals surface area contributed by atoms with Crippen LogP contribution in [0.15, 0.2) is 24.5 Å². The van der Waals surface area contributed by atoms with Gasteiger partial charge < -0.3 is 10.2 Å². The van der Waals surface area contributed by atoms with E-state index in [1.807, 2.05) is 17.3 Å². The molecule has 2 saturated heterocycles. The molecule has 0 radical (unpaired) electrons. The van der Waals surface area contributed by atoms with Gasteiger partial charge in [-0.25, -0.2) is 0 Å². The van der Waals surface area contributed by atoms with Crippen LogP contribution in [-0.2, 0) is 9.59 Å². The normalized spacial score (nSPS) is 22.5. The van der Waals surface area contributed by atoms with Crippen molar-refractivity contribution in [3.63, 3.8) is 0 Å². The number of likely N-dealkylation sites (tertiary alicyclic amines) is 1. The van der Waals surface area contributed by atoms with Gasteiger partial charge >= 0.3 is 0 Å². The second-order valence-corrected chi connectivity index (χ2v) is 7.84. The molecular weight excluding hydrogens is 328 g/mol. The summed E-state index contributed by atoms with van der Waals surface area (Å²) in [6.07, 6.45) is 5.90. The molecule has 142 valence electrons. The molecule has 1 aromatic heterocycles. The maximum Gasteiger partial charge on any atom is 0.237 e. The first kappa shape index (κ1) is 18.8. The van der Waals surface area contributed by atoms with Crippen LogP contribution >= 0.6 is 0 Å². The highest BCUT2D eigenvalue weighted by Gasteiger charge is 2.34. The summed E-state index contributed by atoms with van der Waals surface area (Å²) in [4.78, 5) is 33.3. The molecule has 1 unspecified atom stereocenters. The smallest absolute Gasteiger partial charge is 0.237 e. The largest absolute Gasteiger partial charge is 0.353 e. The first-order chi connectivity index (χ1) is 12.5. The number of hydrogen-bond donors (Lipinski definition) is 1. The predicted molar refractivity (Wildman–Crippen MR) is 101 cm³/mol. The number of hydrogen-bond acceptors (Lipinski definition) is 4. The molecule has 6 heteroatoms. The summed E-state index contributed by atoms with van der Waals surface area (Å²) in [5.41, 5.74) is 1.31. The molecular formula is C20H30N4O2. The Hall–Kier alpha value is -1.95. The fourth-order valence-electron chi connectivity index (χ4n) is 4.06. The minimum Gasteiger partial charge on any atom is -0.353 e. The summed E-state index contributed by atoms with van der Waals surface area (Å²) < 4.78 is 0. The molecule has 0 bridgehead atoms. The van der Waals surface area contributed by atoms with Gasteiger partial charge in [0.05, 0.1) is 12.5 Å². The summed E-state index contributed by atoms with van der Waals surface area (Å²) in [6, 6.07) is 3.81. The van der Waals surface area contributed by atoms with Crippen molar-refractivity contribution in [1.82, 2.24) is 20.1 Å². The van der Waals surface area contributed by atoms with Crippen molar-refractivity contribution in [3.05, 3.63) is 30.1 Å². The lowest BCUT2D eigenvalue weighted by Gasteiger charge is -2.38. The topological polar surface area (TPSA) is 65.5 Å². The van der Waals surface area contributed by atoms with Crippen LogP contribution in [0.3, 0.4) is 0 Å². The van der Waals surface area contributed by atoms with Gasteiger partial charge in [-0.15, -0.1) is 0 Å². The SMILES string of the molecule is CC(C)CN1CCNC(=O)C1CC(=O)N1CCC(c2ccncc2)CC1. The van der Waals surface area contributed by atoms with Crippen molar-refractivity contribution in [3.8, 4) is 0 Å².